The normalized spacial score (nSPS) is 34.0. The fourth-order valence-electron chi connectivity index (χ4n) is 6.38. The number of carbonyl (C=O) groups excluding carboxylic acids is 3. The molecule has 196 valence electrons. The molecule has 1 N–H and O–H groups in total. The Balaban J connectivity index is 2.04. The summed E-state index contributed by atoms with van der Waals surface area (Å²) >= 11 is 0. The van der Waals surface area contributed by atoms with Gasteiger partial charge in [0.15, 0.2) is 0 Å². The highest BCUT2D eigenvalue weighted by atomic mass is 16.6. The number of hydrogen-bond acceptors (Lipinski definition) is 6. The highest BCUT2D eigenvalue weighted by molar-refractivity contribution is 5.98. The highest BCUT2D eigenvalue weighted by Crippen LogP contribution is 2.65. The second-order valence-corrected chi connectivity index (χ2v) is 10.5. The van der Waals surface area contributed by atoms with Crippen LogP contribution in [0.25, 0.3) is 0 Å². The topological polar surface area (TPSA) is 96.4 Å². The lowest BCUT2D eigenvalue weighted by molar-refractivity contribution is -0.163. The number of nitrogens with zero attached hydrogens (tertiary/aromatic N) is 2. The molecule has 3 aliphatic heterocycles. The summed E-state index contributed by atoms with van der Waals surface area (Å²) in [5, 5.41) is 10.0. The van der Waals surface area contributed by atoms with Gasteiger partial charge in [-0.15, -0.1) is 13.2 Å². The van der Waals surface area contributed by atoms with E-state index in [0.29, 0.717) is 25.9 Å². The van der Waals surface area contributed by atoms with E-state index in [1.807, 2.05) is 13.8 Å². The molecule has 3 unspecified atom stereocenters. The van der Waals surface area contributed by atoms with Crippen molar-refractivity contribution in [2.75, 3.05) is 26.3 Å². The summed E-state index contributed by atoms with van der Waals surface area (Å²) in [6.07, 6.45) is 7.20. The van der Waals surface area contributed by atoms with Crippen LogP contribution in [-0.2, 0) is 23.9 Å². The van der Waals surface area contributed by atoms with Crippen LogP contribution in [0, 0.1) is 17.8 Å². The monoisotopic (exact) mass is 490 g/mol. The Kier molecular flexibility index (Phi) is 8.48. The molecule has 3 saturated heterocycles. The molecule has 3 rings (SSSR count). The summed E-state index contributed by atoms with van der Waals surface area (Å²) in [5.74, 6) is -2.72. The van der Waals surface area contributed by atoms with Crippen molar-refractivity contribution in [2.24, 2.45) is 17.8 Å². The van der Waals surface area contributed by atoms with Crippen molar-refractivity contribution in [3.05, 3.63) is 25.3 Å². The van der Waals surface area contributed by atoms with Crippen LogP contribution in [0.2, 0.25) is 0 Å². The molecular weight excluding hydrogens is 448 g/mol. The molecule has 0 aromatic heterocycles. The molecule has 8 heteroatoms. The zero-order chi connectivity index (χ0) is 26.0. The molecule has 35 heavy (non-hydrogen) atoms. The van der Waals surface area contributed by atoms with Crippen molar-refractivity contribution in [3.63, 3.8) is 0 Å². The summed E-state index contributed by atoms with van der Waals surface area (Å²) in [7, 11) is 0. The van der Waals surface area contributed by atoms with Gasteiger partial charge in [0.1, 0.15) is 17.6 Å². The first-order valence-corrected chi connectivity index (χ1v) is 12.9. The molecule has 3 aliphatic rings. The second-order valence-electron chi connectivity index (χ2n) is 10.5. The molecule has 0 radical (unpaired) electrons. The maximum absolute atomic E-state index is 14.1. The Hall–Kier alpha value is -2.19. The van der Waals surface area contributed by atoms with Crippen LogP contribution in [0.4, 0.5) is 0 Å². The number of aliphatic hydroxyl groups is 1. The Labute approximate surface area is 209 Å². The van der Waals surface area contributed by atoms with Crippen LogP contribution >= 0.6 is 0 Å². The number of likely N-dealkylation sites (tertiary alicyclic amines) is 1. The van der Waals surface area contributed by atoms with Gasteiger partial charge in [-0.3, -0.25) is 14.4 Å². The number of amides is 2. The summed E-state index contributed by atoms with van der Waals surface area (Å²) in [6.45, 7) is 16.0. The molecule has 3 heterocycles. The lowest BCUT2D eigenvalue weighted by atomic mass is 9.62. The van der Waals surface area contributed by atoms with Crippen LogP contribution < -0.4 is 0 Å². The SMILES string of the molecule is C=CCCOC(=O)[C@@H]1[C@H]2C(=O)N([C@H](C)CO)C(C(=O)N(CC=C)CCCCC)C23CC(C)[C@@]1(C)O3. The van der Waals surface area contributed by atoms with Crippen molar-refractivity contribution in [3.8, 4) is 0 Å². The summed E-state index contributed by atoms with van der Waals surface area (Å²) in [6, 6.07) is -1.51. The van der Waals surface area contributed by atoms with Crippen molar-refractivity contribution in [1.82, 2.24) is 9.80 Å². The molecule has 0 saturated carbocycles. The molecule has 0 aromatic rings. The summed E-state index contributed by atoms with van der Waals surface area (Å²) < 4.78 is 12.2. The number of carbonyl (C=O) groups is 3. The number of rotatable bonds is 13. The maximum atomic E-state index is 14.1. The zero-order valence-corrected chi connectivity index (χ0v) is 21.7. The van der Waals surface area contributed by atoms with Crippen LogP contribution in [0.3, 0.4) is 0 Å². The van der Waals surface area contributed by atoms with Crippen molar-refractivity contribution in [1.29, 1.82) is 0 Å². The molecule has 8 nitrogen and oxygen atoms in total. The minimum absolute atomic E-state index is 0.0591. The first kappa shape index (κ1) is 27.4. The van der Waals surface area contributed by atoms with Crippen LogP contribution in [0.15, 0.2) is 25.3 Å². The Morgan fingerprint density at radius 2 is 2.06 bits per heavy atom. The Morgan fingerprint density at radius 3 is 2.66 bits per heavy atom. The minimum atomic E-state index is -1.14. The highest BCUT2D eigenvalue weighted by Gasteiger charge is 2.80. The quantitative estimate of drug-likeness (QED) is 0.242. The van der Waals surface area contributed by atoms with E-state index in [2.05, 4.69) is 20.1 Å². The number of esters is 1. The summed E-state index contributed by atoms with van der Waals surface area (Å²) in [4.78, 5) is 44.6. The van der Waals surface area contributed by atoms with Gasteiger partial charge < -0.3 is 24.4 Å². The number of unbranched alkanes of at least 4 members (excludes halogenated alkanes) is 2. The fourth-order valence-corrected chi connectivity index (χ4v) is 6.38. The number of aliphatic hydroxyl groups excluding tert-OH is 1. The number of ether oxygens (including phenoxy) is 2. The van der Waals surface area contributed by atoms with Gasteiger partial charge in [-0.05, 0) is 39.0 Å². The number of hydrogen-bond donors (Lipinski definition) is 1. The molecule has 2 amide bonds. The molecular formula is C27H42N2O6. The van der Waals surface area contributed by atoms with E-state index in [1.54, 1.807) is 24.0 Å². The van der Waals surface area contributed by atoms with Crippen LogP contribution in [-0.4, -0.2) is 82.3 Å². The molecule has 3 fully saturated rings. The fraction of sp³-hybridized carbons (Fsp3) is 0.741. The van der Waals surface area contributed by atoms with Crippen LogP contribution in [0.5, 0.6) is 0 Å². The first-order valence-electron chi connectivity index (χ1n) is 12.9. The first-order chi connectivity index (χ1) is 16.6. The third-order valence-electron chi connectivity index (χ3n) is 8.24. The van der Waals surface area contributed by atoms with Crippen molar-refractivity contribution >= 4 is 17.8 Å². The third kappa shape index (κ3) is 4.44. The van der Waals surface area contributed by atoms with E-state index >= 15 is 0 Å². The number of fused-ring (bicyclic) bond motifs is 1. The van der Waals surface area contributed by atoms with E-state index in [1.165, 1.54) is 4.90 Å². The van der Waals surface area contributed by atoms with E-state index in [-0.39, 0.29) is 30.9 Å². The van der Waals surface area contributed by atoms with Gasteiger partial charge in [-0.25, -0.2) is 0 Å². The zero-order valence-electron chi connectivity index (χ0n) is 21.7. The van der Waals surface area contributed by atoms with E-state index in [9.17, 15) is 19.5 Å². The average Bonchev–Trinajstić information content (AvgIpc) is 3.34. The largest absolute Gasteiger partial charge is 0.465 e. The van der Waals surface area contributed by atoms with Gasteiger partial charge in [0, 0.05) is 13.1 Å². The van der Waals surface area contributed by atoms with Gasteiger partial charge in [0.2, 0.25) is 11.8 Å². The van der Waals surface area contributed by atoms with Gasteiger partial charge in [0.25, 0.3) is 0 Å². The average molecular weight is 491 g/mol. The van der Waals surface area contributed by atoms with E-state index < -0.39 is 41.1 Å². The van der Waals surface area contributed by atoms with E-state index in [0.717, 1.165) is 19.3 Å². The standard InChI is InChI=1S/C27H42N2O6/c1-7-10-12-14-28(13-9-3)24(32)22-27-16-18(4)26(6,35-27)21(25(33)34-15-11-8-2)20(27)23(31)29(22)19(5)17-30/h8-9,18-22,30H,2-3,7,10-17H2,1,4-6H3/t18?,19-,20+,21+,22?,26-,27?/m1/s1. The third-order valence-corrected chi connectivity index (χ3v) is 8.24. The van der Waals surface area contributed by atoms with Crippen molar-refractivity contribution < 1.29 is 29.0 Å². The van der Waals surface area contributed by atoms with E-state index in [4.69, 9.17) is 9.47 Å². The Bertz CT molecular complexity index is 846. The molecule has 0 aromatic carbocycles. The lowest BCUT2D eigenvalue weighted by Gasteiger charge is -2.38. The Morgan fingerprint density at radius 1 is 1.34 bits per heavy atom. The maximum Gasteiger partial charge on any atom is 0.312 e. The predicted octanol–water partition coefficient (Wildman–Crippen LogP) is 2.70. The molecule has 2 bridgehead atoms. The van der Waals surface area contributed by atoms with Gasteiger partial charge in [0.05, 0.1) is 30.8 Å². The van der Waals surface area contributed by atoms with Crippen LogP contribution in [0.1, 0.15) is 59.8 Å². The predicted molar refractivity (Wildman–Crippen MR) is 132 cm³/mol. The molecule has 7 atom stereocenters. The minimum Gasteiger partial charge on any atom is -0.465 e. The second kappa shape index (κ2) is 10.8. The van der Waals surface area contributed by atoms with Crippen molar-refractivity contribution in [2.45, 2.75) is 83.1 Å². The molecule has 1 spiro atoms. The van der Waals surface area contributed by atoms with Gasteiger partial charge in [-0.2, -0.15) is 0 Å². The smallest absolute Gasteiger partial charge is 0.312 e. The lowest BCUT2D eigenvalue weighted by Crippen LogP contribution is -2.58. The molecule has 0 aliphatic carbocycles. The van der Waals surface area contributed by atoms with Gasteiger partial charge >= 0.3 is 5.97 Å². The van der Waals surface area contributed by atoms with Gasteiger partial charge in [-0.1, -0.05) is 38.8 Å². The summed E-state index contributed by atoms with van der Waals surface area (Å²) in [5.41, 5.74) is -2.05.